The molecule has 0 aliphatic heterocycles. The highest BCUT2D eigenvalue weighted by molar-refractivity contribution is 7.98. The Balaban J connectivity index is 1.36. The van der Waals surface area contributed by atoms with E-state index in [0.717, 1.165) is 59.9 Å². The van der Waals surface area contributed by atoms with E-state index in [0.29, 0.717) is 30.2 Å². The zero-order valence-corrected chi connectivity index (χ0v) is 27.3. The van der Waals surface area contributed by atoms with Crippen molar-refractivity contribution in [2.75, 3.05) is 25.1 Å². The molecule has 3 aromatic carbocycles. The van der Waals surface area contributed by atoms with Gasteiger partial charge < -0.3 is 24.1 Å². The Hall–Kier alpha value is -4.15. The van der Waals surface area contributed by atoms with E-state index in [2.05, 4.69) is 28.7 Å². The highest BCUT2D eigenvalue weighted by Crippen LogP contribution is 2.30. The Morgan fingerprint density at radius 1 is 0.978 bits per heavy atom. The van der Waals surface area contributed by atoms with E-state index in [9.17, 15) is 13.6 Å². The summed E-state index contributed by atoms with van der Waals surface area (Å²) in [6, 6.07) is 19.9. The predicted molar refractivity (Wildman–Crippen MR) is 181 cm³/mol. The van der Waals surface area contributed by atoms with Crippen molar-refractivity contribution in [2.24, 2.45) is 0 Å². The van der Waals surface area contributed by atoms with Gasteiger partial charge in [-0.3, -0.25) is 4.79 Å². The Morgan fingerprint density at radius 3 is 2.46 bits per heavy atom. The maximum absolute atomic E-state index is 13.1. The molecule has 0 aliphatic carbocycles. The molecule has 1 aromatic heterocycles. The quantitative estimate of drug-likeness (QED) is 0.0659. The number of aromatic nitrogens is 2. The van der Waals surface area contributed by atoms with Crippen LogP contribution in [0.15, 0.2) is 84.0 Å². The van der Waals surface area contributed by atoms with Crippen LogP contribution in [-0.2, 0) is 21.8 Å². The third-order valence-electron chi connectivity index (χ3n) is 7.08. The summed E-state index contributed by atoms with van der Waals surface area (Å²) in [4.78, 5) is 18.3. The highest BCUT2D eigenvalue weighted by Gasteiger charge is 2.11. The third-order valence-corrected chi connectivity index (χ3v) is 8.11. The molecular formula is C36H41F2N3O4S. The second kappa shape index (κ2) is 18.1. The fraction of sp³-hybridized carbons (Fsp3) is 0.333. The number of aryl methyl sites for hydroxylation is 2. The summed E-state index contributed by atoms with van der Waals surface area (Å²) >= 11 is 1.71. The van der Waals surface area contributed by atoms with Crippen LogP contribution in [0.3, 0.4) is 0 Å². The summed E-state index contributed by atoms with van der Waals surface area (Å²) in [6.45, 7) is 5.92. The van der Waals surface area contributed by atoms with Crippen LogP contribution in [-0.4, -0.2) is 41.9 Å². The molecule has 10 heteroatoms. The van der Waals surface area contributed by atoms with Gasteiger partial charge in [-0.1, -0.05) is 38.5 Å². The van der Waals surface area contributed by atoms with Gasteiger partial charge in [-0.15, -0.1) is 11.8 Å². The number of carbonyl (C=O) groups is 1. The second-order valence-electron chi connectivity index (χ2n) is 10.6. The predicted octanol–water partition coefficient (Wildman–Crippen LogP) is 9.01. The van der Waals surface area contributed by atoms with Gasteiger partial charge in [0.25, 0.3) is 0 Å². The number of nitrogens with zero attached hydrogens (tertiary/aromatic N) is 2. The molecule has 46 heavy (non-hydrogen) atoms. The van der Waals surface area contributed by atoms with Gasteiger partial charge in [0.2, 0.25) is 5.91 Å². The first kappa shape index (κ1) is 34.7. The number of ether oxygens (including phenoxy) is 3. The average Bonchev–Trinajstić information content (AvgIpc) is 3.40. The molecule has 0 atom stereocenters. The maximum atomic E-state index is 13.1. The summed E-state index contributed by atoms with van der Waals surface area (Å²) in [5, 5.41) is 2.83. The fourth-order valence-corrected chi connectivity index (χ4v) is 5.64. The number of benzene rings is 3. The number of thioether (sulfide) groups is 1. The standard InChI is InChI=1S/C36H41F2N3O4S/c1-4-6-20-43-21-22-44-31-13-7-27(8-14-31)28-9-17-34(45-36(37)38)29(23-28)10-18-35(42)40-30-11-15-32(16-12-30)46-24-33-26(3)39-25-41(33)19-5-2/h7-18,23,25,36H,4-6,19-22,24H2,1-3H3,(H,40,42)/b18-10+. The van der Waals surface area contributed by atoms with Gasteiger partial charge >= 0.3 is 6.61 Å². The molecule has 0 fully saturated rings. The van der Waals surface area contributed by atoms with E-state index in [4.69, 9.17) is 14.2 Å². The van der Waals surface area contributed by atoms with Crippen molar-refractivity contribution in [1.82, 2.24) is 9.55 Å². The van der Waals surface area contributed by atoms with Gasteiger partial charge in [-0.2, -0.15) is 8.78 Å². The van der Waals surface area contributed by atoms with Crippen LogP contribution in [0, 0.1) is 6.92 Å². The van der Waals surface area contributed by atoms with Crippen LogP contribution in [0.1, 0.15) is 50.1 Å². The van der Waals surface area contributed by atoms with Gasteiger partial charge in [-0.25, -0.2) is 4.98 Å². The molecule has 0 aliphatic rings. The normalized spacial score (nSPS) is 11.3. The molecule has 1 N–H and O–H groups in total. The van der Waals surface area contributed by atoms with E-state index < -0.39 is 12.5 Å². The van der Waals surface area contributed by atoms with E-state index in [1.807, 2.05) is 61.8 Å². The fourth-order valence-electron chi connectivity index (χ4n) is 4.64. The number of carbonyl (C=O) groups excluding carboxylic acids is 1. The highest BCUT2D eigenvalue weighted by atomic mass is 32.2. The lowest BCUT2D eigenvalue weighted by molar-refractivity contribution is -0.111. The topological polar surface area (TPSA) is 74.6 Å². The van der Waals surface area contributed by atoms with Gasteiger partial charge in [-0.05, 0) is 85.5 Å². The van der Waals surface area contributed by atoms with Gasteiger partial charge in [0.15, 0.2) is 0 Å². The first-order valence-electron chi connectivity index (χ1n) is 15.5. The lowest BCUT2D eigenvalue weighted by Crippen LogP contribution is -2.08. The lowest BCUT2D eigenvalue weighted by atomic mass is 10.0. The van der Waals surface area contributed by atoms with E-state index in [1.165, 1.54) is 23.9 Å². The van der Waals surface area contributed by atoms with Crippen LogP contribution in [0.25, 0.3) is 17.2 Å². The largest absolute Gasteiger partial charge is 0.491 e. The minimum Gasteiger partial charge on any atom is -0.491 e. The minimum atomic E-state index is -3.00. The Labute approximate surface area is 274 Å². The number of hydrogen-bond acceptors (Lipinski definition) is 6. The molecule has 4 rings (SSSR count). The van der Waals surface area contributed by atoms with E-state index >= 15 is 0 Å². The van der Waals surface area contributed by atoms with E-state index in [-0.39, 0.29) is 5.75 Å². The first-order chi connectivity index (χ1) is 22.4. The Bertz CT molecular complexity index is 1560. The molecule has 244 valence electrons. The molecule has 1 heterocycles. The third kappa shape index (κ3) is 10.7. The van der Waals surface area contributed by atoms with Crippen molar-refractivity contribution in [3.63, 3.8) is 0 Å². The van der Waals surface area contributed by atoms with Gasteiger partial charge in [0, 0.05) is 41.1 Å². The Morgan fingerprint density at radius 2 is 1.74 bits per heavy atom. The number of nitrogens with one attached hydrogen (secondary N) is 1. The molecule has 7 nitrogen and oxygen atoms in total. The van der Waals surface area contributed by atoms with Gasteiger partial charge in [0.1, 0.15) is 18.1 Å². The maximum Gasteiger partial charge on any atom is 0.387 e. The van der Waals surface area contributed by atoms with Crippen LogP contribution in [0.5, 0.6) is 11.5 Å². The van der Waals surface area contributed by atoms with Crippen LogP contribution in [0.2, 0.25) is 0 Å². The molecule has 0 spiro atoms. The molecule has 4 aromatic rings. The minimum absolute atomic E-state index is 0.0253. The van der Waals surface area contributed by atoms with Crippen LogP contribution < -0.4 is 14.8 Å². The average molecular weight is 650 g/mol. The molecule has 0 unspecified atom stereocenters. The molecular weight excluding hydrogens is 608 g/mol. The summed E-state index contributed by atoms with van der Waals surface area (Å²) < 4.78 is 44.4. The van der Waals surface area contributed by atoms with Crippen LogP contribution >= 0.6 is 11.8 Å². The van der Waals surface area contributed by atoms with Crippen molar-refractivity contribution in [3.8, 4) is 22.6 Å². The number of alkyl halides is 2. The molecule has 0 saturated heterocycles. The molecule has 0 radical (unpaired) electrons. The van der Waals surface area contributed by atoms with Crippen molar-refractivity contribution >= 4 is 29.4 Å². The zero-order valence-electron chi connectivity index (χ0n) is 26.5. The zero-order chi connectivity index (χ0) is 32.7. The molecule has 0 bridgehead atoms. The number of anilines is 1. The van der Waals surface area contributed by atoms with Crippen molar-refractivity contribution in [3.05, 3.63) is 96.1 Å². The molecule has 0 saturated carbocycles. The van der Waals surface area contributed by atoms with Crippen LogP contribution in [0.4, 0.5) is 14.5 Å². The number of amides is 1. The number of unbranched alkanes of at least 4 members (excludes halogenated alkanes) is 1. The first-order valence-corrected chi connectivity index (χ1v) is 16.5. The Kier molecular flexibility index (Phi) is 13.7. The van der Waals surface area contributed by atoms with Crippen molar-refractivity contribution in [2.45, 2.75) is 63.8 Å². The summed E-state index contributed by atoms with van der Waals surface area (Å²) in [5.41, 5.74) is 4.85. The number of halogens is 2. The monoisotopic (exact) mass is 649 g/mol. The van der Waals surface area contributed by atoms with Gasteiger partial charge in [0.05, 0.1) is 24.3 Å². The molecule has 1 amide bonds. The number of hydrogen-bond donors (Lipinski definition) is 1. The summed E-state index contributed by atoms with van der Waals surface area (Å²) in [7, 11) is 0. The number of imidazole rings is 1. The smallest absolute Gasteiger partial charge is 0.387 e. The lowest BCUT2D eigenvalue weighted by Gasteiger charge is -2.11. The second-order valence-corrected chi connectivity index (χ2v) is 11.6. The number of rotatable bonds is 18. The SMILES string of the molecule is CCCCOCCOc1ccc(-c2ccc(OC(F)F)c(/C=C/C(=O)Nc3ccc(SCc4c(C)ncn4CCC)cc3)c2)cc1. The summed E-state index contributed by atoms with van der Waals surface area (Å²) in [5.74, 6) is 1.09. The van der Waals surface area contributed by atoms with Crippen molar-refractivity contribution < 1.29 is 27.8 Å². The summed E-state index contributed by atoms with van der Waals surface area (Å²) in [6.07, 6.45) is 7.82. The van der Waals surface area contributed by atoms with Crippen molar-refractivity contribution in [1.29, 1.82) is 0 Å². The van der Waals surface area contributed by atoms with E-state index in [1.54, 1.807) is 23.9 Å².